The third-order valence-electron chi connectivity index (χ3n) is 4.17. The zero-order chi connectivity index (χ0) is 12.8. The van der Waals surface area contributed by atoms with Crippen molar-refractivity contribution in [1.29, 1.82) is 0 Å². The topological polar surface area (TPSA) is 38.8 Å². The van der Waals surface area contributed by atoms with Crippen LogP contribution in [0.1, 0.15) is 29.6 Å². The quantitative estimate of drug-likeness (QED) is 0.725. The summed E-state index contributed by atoms with van der Waals surface area (Å²) in [4.78, 5) is 14.7. The Labute approximate surface area is 111 Å². The van der Waals surface area contributed by atoms with E-state index in [0.29, 0.717) is 17.4 Å². The predicted molar refractivity (Wildman–Crippen MR) is 69.3 cm³/mol. The van der Waals surface area contributed by atoms with Gasteiger partial charge in [-0.3, -0.25) is 4.79 Å². The van der Waals surface area contributed by atoms with Crippen LogP contribution in [-0.2, 0) is 0 Å². The molecule has 4 heteroatoms. The second kappa shape index (κ2) is 4.02. The molecule has 0 aliphatic carbocycles. The lowest BCUT2D eigenvalue weighted by Gasteiger charge is -2.31. The van der Waals surface area contributed by atoms with Crippen LogP contribution in [0.3, 0.4) is 0 Å². The van der Waals surface area contributed by atoms with Gasteiger partial charge in [-0.05, 0) is 37.5 Å². The number of nitrogens with zero attached hydrogens (tertiary/aromatic N) is 1. The van der Waals surface area contributed by atoms with Crippen LogP contribution in [0, 0.1) is 0 Å². The lowest BCUT2D eigenvalue weighted by atomic mass is 10.1. The van der Waals surface area contributed by atoms with E-state index in [2.05, 4.69) is 12.2 Å². The van der Waals surface area contributed by atoms with Crippen LogP contribution in [0.25, 0.3) is 0 Å². The molecule has 1 saturated heterocycles. The van der Waals surface area contributed by atoms with Gasteiger partial charge in [0.25, 0.3) is 5.91 Å². The minimum absolute atomic E-state index is 0.107. The normalized spacial score (nSPS) is 26.8. The zero-order valence-corrected chi connectivity index (χ0v) is 10.5. The van der Waals surface area contributed by atoms with Gasteiger partial charge < -0.3 is 14.4 Å². The molecule has 2 unspecified atom stereocenters. The maximum Gasteiger partial charge on any atom is 0.254 e. The first kappa shape index (κ1) is 10.9. The van der Waals surface area contributed by atoms with E-state index in [0.717, 1.165) is 25.0 Å². The van der Waals surface area contributed by atoms with E-state index in [1.54, 1.807) is 6.07 Å². The van der Waals surface area contributed by atoms with E-state index in [4.69, 9.17) is 9.47 Å². The molecule has 3 aliphatic heterocycles. The molecule has 1 fully saturated rings. The maximum absolute atomic E-state index is 12.7. The number of carbonyl (C=O) groups excluding carboxylic acids is 1. The van der Waals surface area contributed by atoms with Gasteiger partial charge in [0.2, 0.25) is 6.79 Å². The largest absolute Gasteiger partial charge is 0.454 e. The van der Waals surface area contributed by atoms with E-state index >= 15 is 0 Å². The van der Waals surface area contributed by atoms with Crippen molar-refractivity contribution in [1.82, 2.24) is 4.90 Å². The molecule has 0 spiro atoms. The Bertz CT molecular complexity index is 567. The molecular weight excluding hydrogens is 242 g/mol. The molecule has 0 saturated carbocycles. The molecule has 4 rings (SSSR count). The molecule has 4 nitrogen and oxygen atoms in total. The van der Waals surface area contributed by atoms with Crippen LogP contribution in [-0.4, -0.2) is 29.7 Å². The molecule has 3 aliphatic rings. The van der Waals surface area contributed by atoms with E-state index in [1.807, 2.05) is 17.0 Å². The Kier molecular flexibility index (Phi) is 2.31. The molecule has 3 heterocycles. The van der Waals surface area contributed by atoms with Crippen molar-refractivity contribution in [2.45, 2.75) is 31.3 Å². The van der Waals surface area contributed by atoms with Crippen LogP contribution in [0.2, 0.25) is 0 Å². The summed E-state index contributed by atoms with van der Waals surface area (Å²) in [5.74, 6) is 1.50. The highest BCUT2D eigenvalue weighted by molar-refractivity contribution is 5.95. The van der Waals surface area contributed by atoms with E-state index in [9.17, 15) is 4.79 Å². The van der Waals surface area contributed by atoms with Crippen molar-refractivity contribution < 1.29 is 14.3 Å². The average Bonchev–Trinajstić information content (AvgIpc) is 2.99. The number of ether oxygens (including phenoxy) is 2. The lowest BCUT2D eigenvalue weighted by Crippen LogP contribution is -2.42. The van der Waals surface area contributed by atoms with Crippen molar-refractivity contribution >= 4 is 5.91 Å². The highest BCUT2D eigenvalue weighted by Gasteiger charge is 2.37. The number of carbonyl (C=O) groups is 1. The summed E-state index contributed by atoms with van der Waals surface area (Å²) in [7, 11) is 0. The van der Waals surface area contributed by atoms with Gasteiger partial charge in [0.05, 0.1) is 6.04 Å². The van der Waals surface area contributed by atoms with Crippen molar-refractivity contribution in [3.63, 3.8) is 0 Å². The number of benzene rings is 1. The third kappa shape index (κ3) is 1.63. The van der Waals surface area contributed by atoms with E-state index in [1.165, 1.54) is 0 Å². The van der Waals surface area contributed by atoms with Gasteiger partial charge in [0.15, 0.2) is 11.5 Å². The van der Waals surface area contributed by atoms with Gasteiger partial charge in [-0.15, -0.1) is 0 Å². The molecular formula is C15H15NO3. The molecule has 0 aromatic heterocycles. The molecule has 0 N–H and O–H groups in total. The van der Waals surface area contributed by atoms with Gasteiger partial charge >= 0.3 is 0 Å². The smallest absolute Gasteiger partial charge is 0.254 e. The lowest BCUT2D eigenvalue weighted by molar-refractivity contribution is 0.0688. The first-order chi connectivity index (χ1) is 9.33. The van der Waals surface area contributed by atoms with Crippen LogP contribution in [0.15, 0.2) is 30.4 Å². The van der Waals surface area contributed by atoms with Crippen LogP contribution in [0.4, 0.5) is 0 Å². The minimum atomic E-state index is 0.107. The Hall–Kier alpha value is -1.97. The van der Waals surface area contributed by atoms with Gasteiger partial charge in [0, 0.05) is 11.6 Å². The summed E-state index contributed by atoms with van der Waals surface area (Å²) in [5, 5.41) is 0. The van der Waals surface area contributed by atoms with Crippen molar-refractivity contribution in [2.75, 3.05) is 6.79 Å². The highest BCUT2D eigenvalue weighted by atomic mass is 16.7. The van der Waals surface area contributed by atoms with Crippen LogP contribution >= 0.6 is 0 Å². The fraction of sp³-hybridized carbons (Fsp3) is 0.400. The zero-order valence-electron chi connectivity index (χ0n) is 10.5. The molecule has 1 aromatic carbocycles. The molecule has 1 amide bonds. The Morgan fingerprint density at radius 2 is 2.11 bits per heavy atom. The summed E-state index contributed by atoms with van der Waals surface area (Å²) >= 11 is 0. The van der Waals surface area contributed by atoms with Gasteiger partial charge in [-0.25, -0.2) is 0 Å². The number of hydrogen-bond donors (Lipinski definition) is 0. The number of rotatable bonds is 1. The Morgan fingerprint density at radius 3 is 3.00 bits per heavy atom. The van der Waals surface area contributed by atoms with E-state index in [-0.39, 0.29) is 18.7 Å². The molecule has 1 aromatic rings. The summed E-state index contributed by atoms with van der Waals surface area (Å²) in [6.07, 6.45) is 7.53. The van der Waals surface area contributed by atoms with Crippen molar-refractivity contribution in [3.8, 4) is 11.5 Å². The number of amides is 1. The molecule has 2 bridgehead atoms. The van der Waals surface area contributed by atoms with Crippen LogP contribution in [0.5, 0.6) is 11.5 Å². The third-order valence-corrected chi connectivity index (χ3v) is 4.17. The van der Waals surface area contributed by atoms with E-state index < -0.39 is 0 Å². The van der Waals surface area contributed by atoms with Gasteiger partial charge in [-0.1, -0.05) is 12.2 Å². The second-order valence-corrected chi connectivity index (χ2v) is 5.24. The molecule has 2 atom stereocenters. The predicted octanol–water partition coefficient (Wildman–Crippen LogP) is 2.35. The number of hydrogen-bond acceptors (Lipinski definition) is 3. The van der Waals surface area contributed by atoms with Crippen molar-refractivity contribution in [2.24, 2.45) is 0 Å². The molecule has 0 radical (unpaired) electrons. The van der Waals surface area contributed by atoms with Crippen LogP contribution < -0.4 is 9.47 Å². The summed E-state index contributed by atoms with van der Waals surface area (Å²) in [5.41, 5.74) is 0.691. The maximum atomic E-state index is 12.7. The SMILES string of the molecule is O=C(c1ccc2c(c1)OCO2)N1C2C=CCC1CC2. The minimum Gasteiger partial charge on any atom is -0.454 e. The summed E-state index contributed by atoms with van der Waals surface area (Å²) in [6.45, 7) is 0.241. The fourth-order valence-corrected chi connectivity index (χ4v) is 3.22. The monoisotopic (exact) mass is 257 g/mol. The standard InChI is InChI=1S/C15H15NO3/c17-15(16-11-2-1-3-12(16)6-5-11)10-4-7-13-14(8-10)19-9-18-13/h1-2,4,7-8,11-12H,3,5-6,9H2. The van der Waals surface area contributed by atoms with Crippen molar-refractivity contribution in [3.05, 3.63) is 35.9 Å². The fourth-order valence-electron chi connectivity index (χ4n) is 3.22. The first-order valence-electron chi connectivity index (χ1n) is 6.72. The Morgan fingerprint density at radius 1 is 1.21 bits per heavy atom. The summed E-state index contributed by atoms with van der Waals surface area (Å²) < 4.78 is 10.6. The average molecular weight is 257 g/mol. The number of fused-ring (bicyclic) bond motifs is 3. The highest BCUT2D eigenvalue weighted by Crippen LogP contribution is 2.36. The molecule has 98 valence electrons. The van der Waals surface area contributed by atoms with Gasteiger partial charge in [0.1, 0.15) is 0 Å². The molecule has 19 heavy (non-hydrogen) atoms. The second-order valence-electron chi connectivity index (χ2n) is 5.24. The first-order valence-corrected chi connectivity index (χ1v) is 6.72. The summed E-state index contributed by atoms with van der Waals surface area (Å²) in [6, 6.07) is 6.08. The Balaban J connectivity index is 1.66. The van der Waals surface area contributed by atoms with Gasteiger partial charge in [-0.2, -0.15) is 0 Å².